The highest BCUT2D eigenvalue weighted by Crippen LogP contribution is 2.36. The number of hydrogen-bond acceptors (Lipinski definition) is 6. The number of rotatable bonds is 10. The lowest BCUT2D eigenvalue weighted by atomic mass is 10.2. The molecule has 2 aromatic rings. The quantitative estimate of drug-likeness (QED) is 0.304. The third kappa shape index (κ3) is 7.68. The molecule has 0 fully saturated rings. The van der Waals surface area contributed by atoms with Crippen LogP contribution in [0.2, 0.25) is 0 Å². The Hall–Kier alpha value is -3.51. The zero-order valence-corrected chi connectivity index (χ0v) is 18.7. The average Bonchev–Trinajstić information content (AvgIpc) is 2.77. The molecule has 9 heteroatoms. The van der Waals surface area contributed by atoms with Crippen molar-refractivity contribution in [2.24, 2.45) is 5.10 Å². The van der Waals surface area contributed by atoms with Gasteiger partial charge in [-0.15, -0.1) is 6.42 Å². The number of hydrazone groups is 1. The van der Waals surface area contributed by atoms with E-state index in [9.17, 15) is 9.59 Å². The minimum absolute atomic E-state index is 0.00872. The first-order valence-electron chi connectivity index (χ1n) is 9.16. The maximum atomic E-state index is 12.0. The van der Waals surface area contributed by atoms with Crippen molar-refractivity contribution in [2.45, 2.75) is 12.8 Å². The van der Waals surface area contributed by atoms with Crippen LogP contribution in [-0.4, -0.2) is 38.9 Å². The Morgan fingerprint density at radius 3 is 2.48 bits per heavy atom. The highest BCUT2D eigenvalue weighted by molar-refractivity contribution is 9.10. The lowest BCUT2D eigenvalue weighted by Crippen LogP contribution is -2.20. The van der Waals surface area contributed by atoms with E-state index in [0.29, 0.717) is 33.0 Å². The zero-order chi connectivity index (χ0) is 22.6. The summed E-state index contributed by atoms with van der Waals surface area (Å²) >= 11 is 3.39. The molecule has 2 amide bonds. The second-order valence-electron chi connectivity index (χ2n) is 6.10. The first-order valence-corrected chi connectivity index (χ1v) is 9.95. The predicted molar refractivity (Wildman–Crippen MR) is 122 cm³/mol. The van der Waals surface area contributed by atoms with Gasteiger partial charge in [0.2, 0.25) is 11.8 Å². The van der Waals surface area contributed by atoms with Crippen molar-refractivity contribution >= 4 is 39.6 Å². The summed E-state index contributed by atoms with van der Waals surface area (Å²) in [7, 11) is 3.07. The van der Waals surface area contributed by atoms with Crippen molar-refractivity contribution in [2.75, 3.05) is 26.1 Å². The fourth-order valence-corrected chi connectivity index (χ4v) is 3.00. The topological polar surface area (TPSA) is 98.2 Å². The second kappa shape index (κ2) is 12.2. The Labute approximate surface area is 189 Å². The minimum atomic E-state index is -0.388. The van der Waals surface area contributed by atoms with Crippen LogP contribution in [0.5, 0.6) is 17.2 Å². The molecule has 0 saturated heterocycles. The summed E-state index contributed by atoms with van der Waals surface area (Å²) in [6.07, 6.45) is 6.68. The molecule has 0 aromatic heterocycles. The van der Waals surface area contributed by atoms with Crippen molar-refractivity contribution in [3.8, 4) is 29.6 Å². The Morgan fingerprint density at radius 2 is 1.84 bits per heavy atom. The van der Waals surface area contributed by atoms with Crippen LogP contribution in [0.15, 0.2) is 46.0 Å². The molecule has 2 N–H and O–H groups in total. The van der Waals surface area contributed by atoms with E-state index >= 15 is 0 Å². The molecular formula is C22H22BrN3O5. The fourth-order valence-electron chi connectivity index (χ4n) is 2.43. The maximum Gasteiger partial charge on any atom is 0.240 e. The first-order chi connectivity index (χ1) is 15.0. The summed E-state index contributed by atoms with van der Waals surface area (Å²) in [4.78, 5) is 23.9. The first kappa shape index (κ1) is 23.8. The van der Waals surface area contributed by atoms with Gasteiger partial charge in [0.05, 0.1) is 24.9 Å². The number of nitrogens with zero attached hydrogens (tertiary/aromatic N) is 1. The molecule has 0 aliphatic rings. The van der Waals surface area contributed by atoms with E-state index in [1.807, 2.05) is 0 Å². The smallest absolute Gasteiger partial charge is 0.240 e. The van der Waals surface area contributed by atoms with Gasteiger partial charge in [0.15, 0.2) is 11.5 Å². The molecule has 162 valence electrons. The van der Waals surface area contributed by atoms with Crippen LogP contribution in [-0.2, 0) is 9.59 Å². The third-order valence-electron chi connectivity index (χ3n) is 3.91. The molecule has 31 heavy (non-hydrogen) atoms. The maximum absolute atomic E-state index is 12.0. The van der Waals surface area contributed by atoms with Gasteiger partial charge in [0.25, 0.3) is 0 Å². The van der Waals surface area contributed by atoms with Crippen molar-refractivity contribution in [1.29, 1.82) is 0 Å². The molecule has 0 radical (unpaired) electrons. The molecule has 0 bridgehead atoms. The Balaban J connectivity index is 1.84. The zero-order valence-electron chi connectivity index (χ0n) is 17.1. The summed E-state index contributed by atoms with van der Waals surface area (Å²) in [6, 6.07) is 10.3. The van der Waals surface area contributed by atoms with Gasteiger partial charge in [-0.3, -0.25) is 9.59 Å². The summed E-state index contributed by atoms with van der Waals surface area (Å²) in [5.41, 5.74) is 3.68. The van der Waals surface area contributed by atoms with Gasteiger partial charge in [-0.2, -0.15) is 5.10 Å². The Morgan fingerprint density at radius 1 is 1.13 bits per heavy atom. The van der Waals surface area contributed by atoms with E-state index in [-0.39, 0.29) is 31.3 Å². The van der Waals surface area contributed by atoms with E-state index in [1.54, 1.807) is 43.5 Å². The number of halogens is 1. The molecule has 2 rings (SSSR count). The van der Waals surface area contributed by atoms with E-state index < -0.39 is 0 Å². The van der Waals surface area contributed by atoms with Crippen molar-refractivity contribution in [3.05, 3.63) is 46.4 Å². The van der Waals surface area contributed by atoms with E-state index in [2.05, 4.69) is 37.7 Å². The van der Waals surface area contributed by atoms with Crippen LogP contribution >= 0.6 is 15.9 Å². The van der Waals surface area contributed by atoms with Crippen LogP contribution in [0.4, 0.5) is 5.69 Å². The number of ether oxygens (including phenoxy) is 3. The molecule has 0 aliphatic heterocycles. The van der Waals surface area contributed by atoms with Crippen molar-refractivity contribution < 1.29 is 23.8 Å². The second-order valence-corrected chi connectivity index (χ2v) is 6.95. The standard InChI is InChI=1S/C22H22BrN3O5/c1-4-11-31-22-18(23)12-15(13-19(22)30-3)14-24-26-21(28)10-9-20(27)25-16-5-7-17(29-2)8-6-16/h1,5-8,12-14H,9-11H2,2-3H3,(H,25,27)(H,26,28). The van der Waals surface area contributed by atoms with Gasteiger partial charge in [-0.25, -0.2) is 5.43 Å². The largest absolute Gasteiger partial charge is 0.497 e. The van der Waals surface area contributed by atoms with Gasteiger partial charge in [-0.05, 0) is 57.9 Å². The number of carbonyl (C=O) groups excluding carboxylic acids is 2. The summed E-state index contributed by atoms with van der Waals surface area (Å²) in [6.45, 7) is 0.102. The molecular weight excluding hydrogens is 466 g/mol. The van der Waals surface area contributed by atoms with E-state index in [0.717, 1.165) is 0 Å². The summed E-state index contributed by atoms with van der Waals surface area (Å²) < 4.78 is 16.4. The van der Waals surface area contributed by atoms with Gasteiger partial charge in [-0.1, -0.05) is 5.92 Å². The highest BCUT2D eigenvalue weighted by Gasteiger charge is 2.11. The van der Waals surface area contributed by atoms with E-state index in [4.69, 9.17) is 20.6 Å². The van der Waals surface area contributed by atoms with Crippen molar-refractivity contribution in [3.63, 3.8) is 0 Å². The molecule has 0 unspecified atom stereocenters. The van der Waals surface area contributed by atoms with Gasteiger partial charge < -0.3 is 19.5 Å². The number of terminal acetylenes is 1. The highest BCUT2D eigenvalue weighted by atomic mass is 79.9. The van der Waals surface area contributed by atoms with Crippen LogP contribution < -0.4 is 25.0 Å². The minimum Gasteiger partial charge on any atom is -0.497 e. The monoisotopic (exact) mass is 487 g/mol. The normalized spacial score (nSPS) is 10.3. The lowest BCUT2D eigenvalue weighted by Gasteiger charge is -2.11. The predicted octanol–water partition coefficient (Wildman–Crippen LogP) is 3.35. The van der Waals surface area contributed by atoms with E-state index in [1.165, 1.54) is 13.3 Å². The Bertz CT molecular complexity index is 984. The number of anilines is 1. The number of carbonyl (C=O) groups is 2. The lowest BCUT2D eigenvalue weighted by molar-refractivity contribution is -0.124. The van der Waals surface area contributed by atoms with Crippen LogP contribution in [0.1, 0.15) is 18.4 Å². The molecule has 0 spiro atoms. The Kier molecular flexibility index (Phi) is 9.39. The van der Waals surface area contributed by atoms with Crippen molar-refractivity contribution in [1.82, 2.24) is 5.43 Å². The van der Waals surface area contributed by atoms with Crippen LogP contribution in [0.25, 0.3) is 0 Å². The molecule has 0 heterocycles. The molecule has 2 aromatic carbocycles. The fraction of sp³-hybridized carbons (Fsp3) is 0.227. The SMILES string of the molecule is C#CCOc1c(Br)cc(C=NNC(=O)CCC(=O)Nc2ccc(OC)cc2)cc1OC. The van der Waals surface area contributed by atoms with Crippen LogP contribution in [0, 0.1) is 12.3 Å². The number of benzene rings is 2. The third-order valence-corrected chi connectivity index (χ3v) is 4.50. The van der Waals surface area contributed by atoms with Gasteiger partial charge >= 0.3 is 0 Å². The van der Waals surface area contributed by atoms with Gasteiger partial charge in [0.1, 0.15) is 12.4 Å². The molecule has 0 saturated carbocycles. The summed E-state index contributed by atoms with van der Waals surface area (Å²) in [5.74, 6) is 3.35. The average molecular weight is 488 g/mol. The number of nitrogens with one attached hydrogen (secondary N) is 2. The van der Waals surface area contributed by atoms with Gasteiger partial charge in [0, 0.05) is 18.5 Å². The molecule has 8 nitrogen and oxygen atoms in total. The summed E-state index contributed by atoms with van der Waals surface area (Å²) in [5, 5.41) is 6.62. The number of hydrogen-bond donors (Lipinski definition) is 2. The molecule has 0 aliphatic carbocycles. The number of methoxy groups -OCH3 is 2. The molecule has 0 atom stereocenters. The number of amides is 2. The van der Waals surface area contributed by atoms with Crippen LogP contribution in [0.3, 0.4) is 0 Å².